The van der Waals surface area contributed by atoms with Crippen molar-refractivity contribution in [3.05, 3.63) is 93.3 Å². The van der Waals surface area contributed by atoms with E-state index in [1.165, 1.54) is 54.6 Å². The van der Waals surface area contributed by atoms with Crippen LogP contribution in [0.4, 0.5) is 11.4 Å². The molecule has 4 aromatic rings. The maximum Gasteiger partial charge on any atom is 0.360 e. The Hall–Kier alpha value is -4.07. The highest BCUT2D eigenvalue weighted by Gasteiger charge is 2.22. The van der Waals surface area contributed by atoms with Crippen LogP contribution >= 0.6 is 0 Å². The molecular formula is C21H14N2O9S2. The smallest absolute Gasteiger partial charge is 0.360 e. The molecule has 0 aliphatic heterocycles. The zero-order valence-electron chi connectivity index (χ0n) is 16.9. The largest absolute Gasteiger partial charge is 0.421 e. The lowest BCUT2D eigenvalue weighted by Gasteiger charge is -2.11. The SMILES string of the molecule is O=c1oc2c(-c3ccccc3S(=O)(=O)O)cccc2cc1NS(=O)(=O)c1cccc([N+](=O)[O-])c1. The quantitative estimate of drug-likeness (QED) is 0.173. The molecule has 13 heteroatoms. The molecule has 174 valence electrons. The molecule has 1 aromatic heterocycles. The van der Waals surface area contributed by atoms with E-state index in [1.54, 1.807) is 0 Å². The molecule has 1 heterocycles. The Morgan fingerprint density at radius 3 is 2.26 bits per heavy atom. The Morgan fingerprint density at radius 2 is 1.56 bits per heavy atom. The van der Waals surface area contributed by atoms with Gasteiger partial charge in [-0.25, -0.2) is 13.2 Å². The third-order valence-electron chi connectivity index (χ3n) is 4.80. The first-order valence-electron chi connectivity index (χ1n) is 9.38. The third-order valence-corrected chi connectivity index (χ3v) is 7.07. The lowest BCUT2D eigenvalue weighted by atomic mass is 10.0. The molecule has 11 nitrogen and oxygen atoms in total. The Labute approximate surface area is 192 Å². The standard InChI is InChI=1S/C21H14N2O9S2/c24-21-18(22-33(27,28)15-7-4-6-14(12-15)23(25)26)11-13-5-3-9-17(20(13)32-21)16-8-1-2-10-19(16)34(29,30)31/h1-12,22H,(H,29,30,31). The highest BCUT2D eigenvalue weighted by atomic mass is 32.2. The molecule has 2 N–H and O–H groups in total. The van der Waals surface area contributed by atoms with Gasteiger partial charge >= 0.3 is 5.63 Å². The number of nitrogens with zero attached hydrogens (tertiary/aromatic N) is 1. The van der Waals surface area contributed by atoms with Crippen LogP contribution in [0.1, 0.15) is 0 Å². The number of para-hydroxylation sites is 1. The van der Waals surface area contributed by atoms with E-state index >= 15 is 0 Å². The molecule has 0 aliphatic rings. The normalized spacial score (nSPS) is 11.9. The van der Waals surface area contributed by atoms with Crippen LogP contribution in [0.3, 0.4) is 0 Å². The Morgan fingerprint density at radius 1 is 0.882 bits per heavy atom. The summed E-state index contributed by atoms with van der Waals surface area (Å²) < 4.78 is 65.9. The van der Waals surface area contributed by atoms with Gasteiger partial charge < -0.3 is 4.42 Å². The number of rotatable bonds is 6. The van der Waals surface area contributed by atoms with E-state index in [2.05, 4.69) is 4.72 Å². The minimum Gasteiger partial charge on any atom is -0.421 e. The van der Waals surface area contributed by atoms with Crippen LogP contribution in [0.2, 0.25) is 0 Å². The molecular weight excluding hydrogens is 488 g/mol. The van der Waals surface area contributed by atoms with Crippen molar-refractivity contribution in [1.82, 2.24) is 0 Å². The molecule has 0 unspecified atom stereocenters. The predicted octanol–water partition coefficient (Wildman–Crippen LogP) is 3.42. The third kappa shape index (κ3) is 4.39. The molecule has 4 rings (SSSR count). The van der Waals surface area contributed by atoms with Crippen LogP contribution in [0.15, 0.2) is 91.8 Å². The van der Waals surface area contributed by atoms with Crippen molar-refractivity contribution in [3.8, 4) is 11.1 Å². The number of benzene rings is 3. The maximum absolute atomic E-state index is 12.7. The van der Waals surface area contributed by atoms with Gasteiger partial charge in [0.25, 0.3) is 25.8 Å². The number of nitro groups is 1. The summed E-state index contributed by atoms with van der Waals surface area (Å²) in [4.78, 5) is 22.0. The number of nitro benzene ring substituents is 1. The first-order chi connectivity index (χ1) is 16.0. The summed E-state index contributed by atoms with van der Waals surface area (Å²) in [5.41, 5.74) is -1.78. The summed E-state index contributed by atoms with van der Waals surface area (Å²) >= 11 is 0. The van der Waals surface area contributed by atoms with E-state index in [4.69, 9.17) is 4.42 Å². The fourth-order valence-corrected chi connectivity index (χ4v) is 5.10. The predicted molar refractivity (Wildman–Crippen MR) is 122 cm³/mol. The van der Waals surface area contributed by atoms with E-state index in [0.29, 0.717) is 0 Å². The lowest BCUT2D eigenvalue weighted by Crippen LogP contribution is -2.18. The van der Waals surface area contributed by atoms with Gasteiger partial charge in [0.1, 0.15) is 16.2 Å². The van der Waals surface area contributed by atoms with Crippen LogP contribution in [0, 0.1) is 10.1 Å². The van der Waals surface area contributed by atoms with Crippen molar-refractivity contribution < 1.29 is 30.7 Å². The van der Waals surface area contributed by atoms with Crippen LogP contribution in [-0.4, -0.2) is 26.3 Å². The van der Waals surface area contributed by atoms with Gasteiger partial charge in [-0.1, -0.05) is 42.5 Å². The monoisotopic (exact) mass is 502 g/mol. The van der Waals surface area contributed by atoms with Crippen molar-refractivity contribution in [3.63, 3.8) is 0 Å². The molecule has 0 atom stereocenters. The van der Waals surface area contributed by atoms with Crippen LogP contribution in [0.5, 0.6) is 0 Å². The van der Waals surface area contributed by atoms with Gasteiger partial charge in [0, 0.05) is 28.6 Å². The highest BCUT2D eigenvalue weighted by Crippen LogP contribution is 2.33. The zero-order chi connectivity index (χ0) is 24.7. The fourth-order valence-electron chi connectivity index (χ4n) is 3.31. The fraction of sp³-hybridized carbons (Fsp3) is 0. The topological polar surface area (TPSA) is 174 Å². The van der Waals surface area contributed by atoms with Gasteiger partial charge in [-0.3, -0.25) is 19.4 Å². The van der Waals surface area contributed by atoms with Crippen LogP contribution < -0.4 is 10.3 Å². The molecule has 0 saturated carbocycles. The molecule has 0 saturated heterocycles. The van der Waals surface area contributed by atoms with Crippen molar-refractivity contribution >= 4 is 42.5 Å². The number of nitrogens with one attached hydrogen (secondary N) is 1. The van der Waals surface area contributed by atoms with E-state index in [0.717, 1.165) is 18.2 Å². The maximum atomic E-state index is 12.7. The number of hydrogen-bond acceptors (Lipinski definition) is 8. The van der Waals surface area contributed by atoms with Crippen molar-refractivity contribution in [2.45, 2.75) is 9.79 Å². The van der Waals surface area contributed by atoms with Crippen LogP contribution in [0.25, 0.3) is 22.1 Å². The van der Waals surface area contributed by atoms with E-state index in [-0.39, 0.29) is 22.1 Å². The van der Waals surface area contributed by atoms with Gasteiger partial charge in [0.2, 0.25) is 0 Å². The lowest BCUT2D eigenvalue weighted by molar-refractivity contribution is -0.385. The second-order valence-electron chi connectivity index (χ2n) is 7.00. The van der Waals surface area contributed by atoms with Crippen molar-refractivity contribution in [2.24, 2.45) is 0 Å². The van der Waals surface area contributed by atoms with Gasteiger partial charge in [-0.05, 0) is 18.2 Å². The number of non-ortho nitro benzene ring substituents is 1. The van der Waals surface area contributed by atoms with Crippen LogP contribution in [-0.2, 0) is 20.1 Å². The average Bonchev–Trinajstić information content (AvgIpc) is 2.78. The van der Waals surface area contributed by atoms with Crippen molar-refractivity contribution in [1.29, 1.82) is 0 Å². The highest BCUT2D eigenvalue weighted by molar-refractivity contribution is 7.92. The van der Waals surface area contributed by atoms with Gasteiger partial charge in [0.05, 0.1) is 9.82 Å². The summed E-state index contributed by atoms with van der Waals surface area (Å²) in [5, 5.41) is 11.2. The van der Waals surface area contributed by atoms with Gasteiger partial charge in [0.15, 0.2) is 0 Å². The molecule has 0 bridgehead atoms. The summed E-state index contributed by atoms with van der Waals surface area (Å²) in [6.45, 7) is 0. The van der Waals surface area contributed by atoms with E-state index in [1.807, 2.05) is 0 Å². The first-order valence-corrected chi connectivity index (χ1v) is 12.3. The molecule has 0 spiro atoms. The number of anilines is 1. The summed E-state index contributed by atoms with van der Waals surface area (Å²) in [6.07, 6.45) is 0. The molecule has 0 aliphatic carbocycles. The molecule has 3 aromatic carbocycles. The number of sulfonamides is 1. The number of hydrogen-bond donors (Lipinski definition) is 2. The van der Waals surface area contributed by atoms with Crippen molar-refractivity contribution in [2.75, 3.05) is 4.72 Å². The van der Waals surface area contributed by atoms with E-state index in [9.17, 15) is 36.3 Å². The second-order valence-corrected chi connectivity index (χ2v) is 10.1. The molecule has 0 radical (unpaired) electrons. The molecule has 0 amide bonds. The zero-order valence-corrected chi connectivity index (χ0v) is 18.5. The summed E-state index contributed by atoms with van der Waals surface area (Å²) in [6, 6.07) is 15.5. The number of fused-ring (bicyclic) bond motifs is 1. The Kier molecular flexibility index (Phi) is 5.69. The minimum atomic E-state index is -4.59. The minimum absolute atomic E-state index is 0.0399. The van der Waals surface area contributed by atoms with Gasteiger partial charge in [-0.15, -0.1) is 0 Å². The molecule has 0 fully saturated rings. The van der Waals surface area contributed by atoms with E-state index < -0.39 is 51.9 Å². The summed E-state index contributed by atoms with van der Waals surface area (Å²) in [5.74, 6) is 0. The average molecular weight is 502 g/mol. The Bertz CT molecular complexity index is 1730. The molecule has 34 heavy (non-hydrogen) atoms. The van der Waals surface area contributed by atoms with Gasteiger partial charge in [-0.2, -0.15) is 8.42 Å². The first kappa shape index (κ1) is 23.1. The summed E-state index contributed by atoms with van der Waals surface area (Å²) in [7, 11) is -8.97. The second kappa shape index (κ2) is 8.37. The Balaban J connectivity index is 1.83.